The van der Waals surface area contributed by atoms with Crippen LogP contribution in [0.4, 0.5) is 0 Å². The third kappa shape index (κ3) is 59.9. The van der Waals surface area contributed by atoms with E-state index < -0.39 is 6.10 Å². The van der Waals surface area contributed by atoms with E-state index in [1.54, 1.807) is 0 Å². The summed E-state index contributed by atoms with van der Waals surface area (Å²) in [6, 6.07) is 0. The Morgan fingerprint density at radius 2 is 0.556 bits per heavy atom. The van der Waals surface area contributed by atoms with Gasteiger partial charge in [-0.05, 0) is 89.9 Å². The standard InChI is InChI=1S/C67H120O5/c1-3-5-7-9-11-13-15-17-19-21-23-25-26-27-28-29-30-31-32-33-34-35-36-37-38-39-40-42-44-46-48-50-52-54-56-58-60-62-67(70)72-65(63-68)64-71-66(69)61-59-57-55-53-51-49-47-45-43-41-24-22-20-18-16-14-12-10-8-6-4-2/h15-18,21-24,26-27,43,45,65,68H,3-14,19-20,25,28-42,44,46-64H2,1-2H3/b17-15-,18-16-,23-21-,24-22-,27-26-,45-43-. The minimum Gasteiger partial charge on any atom is -0.462 e. The van der Waals surface area contributed by atoms with Crippen LogP contribution in [0.15, 0.2) is 72.9 Å². The van der Waals surface area contributed by atoms with Gasteiger partial charge in [-0.3, -0.25) is 9.59 Å². The van der Waals surface area contributed by atoms with Crippen molar-refractivity contribution in [3.63, 3.8) is 0 Å². The number of unbranched alkanes of at least 4 members (excludes halogenated alkanes) is 38. The first-order chi connectivity index (χ1) is 35.6. The van der Waals surface area contributed by atoms with Crippen LogP contribution in [0.2, 0.25) is 0 Å². The Labute approximate surface area is 448 Å². The van der Waals surface area contributed by atoms with Crippen LogP contribution in [-0.2, 0) is 19.1 Å². The number of ether oxygens (including phenoxy) is 2. The van der Waals surface area contributed by atoms with E-state index in [0.29, 0.717) is 12.8 Å². The van der Waals surface area contributed by atoms with Crippen LogP contribution in [0.1, 0.15) is 322 Å². The van der Waals surface area contributed by atoms with Crippen molar-refractivity contribution in [3.8, 4) is 0 Å². The lowest BCUT2D eigenvalue weighted by Gasteiger charge is -2.15. The van der Waals surface area contributed by atoms with Gasteiger partial charge in [0.05, 0.1) is 6.61 Å². The van der Waals surface area contributed by atoms with Crippen LogP contribution < -0.4 is 0 Å². The lowest BCUT2D eigenvalue weighted by atomic mass is 10.0. The Morgan fingerprint density at radius 1 is 0.319 bits per heavy atom. The zero-order valence-corrected chi connectivity index (χ0v) is 47.9. The predicted molar refractivity (Wildman–Crippen MR) is 316 cm³/mol. The molecule has 0 saturated carbocycles. The van der Waals surface area contributed by atoms with Crippen LogP contribution in [0.3, 0.4) is 0 Å². The minimum atomic E-state index is -0.780. The number of hydrogen-bond donors (Lipinski definition) is 1. The molecule has 0 aliphatic heterocycles. The van der Waals surface area contributed by atoms with E-state index in [4.69, 9.17) is 9.47 Å². The third-order valence-corrected chi connectivity index (χ3v) is 14.0. The second-order valence-electron chi connectivity index (χ2n) is 21.1. The summed E-state index contributed by atoms with van der Waals surface area (Å²) in [5, 5.41) is 9.67. The average Bonchev–Trinajstić information content (AvgIpc) is 3.38. The van der Waals surface area contributed by atoms with Crippen molar-refractivity contribution in [3.05, 3.63) is 72.9 Å². The molecule has 0 heterocycles. The van der Waals surface area contributed by atoms with Crippen molar-refractivity contribution in [2.75, 3.05) is 13.2 Å². The summed E-state index contributed by atoms with van der Waals surface area (Å²) in [7, 11) is 0. The van der Waals surface area contributed by atoms with Gasteiger partial charge in [-0.25, -0.2) is 0 Å². The number of hydrogen-bond acceptors (Lipinski definition) is 5. The fourth-order valence-corrected chi connectivity index (χ4v) is 9.22. The SMILES string of the molecule is CCCCCCC/C=C\C/C=C\C/C=C\CCCCCCCCCCCCCCCCCCCCCCCCC(=O)OC(CO)COC(=O)CCCCCCCC/C=C\C/C=C\C/C=C\CCCCCCC. The number of aliphatic hydroxyl groups excluding tert-OH is 1. The molecule has 0 fully saturated rings. The van der Waals surface area contributed by atoms with Gasteiger partial charge in [0.15, 0.2) is 6.10 Å². The summed E-state index contributed by atoms with van der Waals surface area (Å²) in [6.07, 6.45) is 86.2. The molecule has 1 N–H and O–H groups in total. The highest BCUT2D eigenvalue weighted by atomic mass is 16.6. The molecular formula is C67H120O5. The van der Waals surface area contributed by atoms with Gasteiger partial charge in [0, 0.05) is 12.8 Å². The van der Waals surface area contributed by atoms with E-state index >= 15 is 0 Å². The van der Waals surface area contributed by atoms with E-state index in [-0.39, 0.29) is 25.2 Å². The summed E-state index contributed by atoms with van der Waals surface area (Å²) in [5.74, 6) is -0.594. The molecule has 1 unspecified atom stereocenters. The quantitative estimate of drug-likeness (QED) is 0.0373. The van der Waals surface area contributed by atoms with Gasteiger partial charge in [-0.15, -0.1) is 0 Å². The molecule has 0 aromatic heterocycles. The molecule has 0 aliphatic rings. The number of aliphatic hydroxyl groups is 1. The molecule has 5 heteroatoms. The van der Waals surface area contributed by atoms with Gasteiger partial charge < -0.3 is 14.6 Å². The van der Waals surface area contributed by atoms with Gasteiger partial charge in [0.2, 0.25) is 0 Å². The maximum Gasteiger partial charge on any atom is 0.306 e. The van der Waals surface area contributed by atoms with Gasteiger partial charge in [-0.2, -0.15) is 0 Å². The highest BCUT2D eigenvalue weighted by molar-refractivity contribution is 5.70. The van der Waals surface area contributed by atoms with Crippen LogP contribution in [-0.4, -0.2) is 36.4 Å². The summed E-state index contributed by atoms with van der Waals surface area (Å²) in [5.41, 5.74) is 0. The molecule has 0 aliphatic carbocycles. The largest absolute Gasteiger partial charge is 0.462 e. The van der Waals surface area contributed by atoms with Crippen molar-refractivity contribution in [1.29, 1.82) is 0 Å². The molecule has 0 aromatic carbocycles. The number of allylic oxidation sites excluding steroid dienone is 12. The molecule has 0 saturated heterocycles. The summed E-state index contributed by atoms with van der Waals surface area (Å²) in [6.45, 7) is 4.14. The molecule has 5 nitrogen and oxygen atoms in total. The first kappa shape index (κ1) is 69.3. The minimum absolute atomic E-state index is 0.0719. The second kappa shape index (κ2) is 62.6. The maximum absolute atomic E-state index is 12.3. The third-order valence-electron chi connectivity index (χ3n) is 14.0. The fourth-order valence-electron chi connectivity index (χ4n) is 9.22. The predicted octanol–water partition coefficient (Wildman–Crippen LogP) is 21.5. The summed E-state index contributed by atoms with van der Waals surface area (Å²) in [4.78, 5) is 24.6. The Balaban J connectivity index is 3.44. The zero-order chi connectivity index (χ0) is 52.0. The highest BCUT2D eigenvalue weighted by Crippen LogP contribution is 2.17. The average molecular weight is 1010 g/mol. The Bertz CT molecular complexity index is 1270. The van der Waals surface area contributed by atoms with Crippen molar-refractivity contribution in [2.24, 2.45) is 0 Å². The molecule has 0 rings (SSSR count). The topological polar surface area (TPSA) is 72.8 Å². The van der Waals surface area contributed by atoms with Crippen LogP contribution in [0, 0.1) is 0 Å². The molecule has 0 aromatic rings. The molecule has 1 atom stereocenters. The fraction of sp³-hybridized carbons (Fsp3) is 0.791. The van der Waals surface area contributed by atoms with Crippen molar-refractivity contribution >= 4 is 11.9 Å². The molecule has 72 heavy (non-hydrogen) atoms. The van der Waals surface area contributed by atoms with Crippen LogP contribution in [0.5, 0.6) is 0 Å². The van der Waals surface area contributed by atoms with Gasteiger partial charge in [-0.1, -0.05) is 292 Å². The highest BCUT2D eigenvalue weighted by Gasteiger charge is 2.16. The normalized spacial score (nSPS) is 12.7. The molecule has 0 radical (unpaired) electrons. The molecular weight excluding hydrogens is 885 g/mol. The van der Waals surface area contributed by atoms with Crippen molar-refractivity contribution < 1.29 is 24.2 Å². The maximum atomic E-state index is 12.3. The molecule has 0 amide bonds. The van der Waals surface area contributed by atoms with Crippen molar-refractivity contribution in [1.82, 2.24) is 0 Å². The summed E-state index contributed by atoms with van der Waals surface area (Å²) < 4.78 is 10.7. The van der Waals surface area contributed by atoms with E-state index in [2.05, 4.69) is 86.8 Å². The van der Waals surface area contributed by atoms with E-state index in [0.717, 1.165) is 70.6 Å². The van der Waals surface area contributed by atoms with Crippen LogP contribution in [0.25, 0.3) is 0 Å². The Hall–Kier alpha value is -2.66. The first-order valence-electron chi connectivity index (χ1n) is 31.5. The van der Waals surface area contributed by atoms with Gasteiger partial charge >= 0.3 is 11.9 Å². The van der Waals surface area contributed by atoms with E-state index in [1.807, 2.05) is 0 Å². The number of carbonyl (C=O) groups excluding carboxylic acids is 2. The monoisotopic (exact) mass is 1000 g/mol. The van der Waals surface area contributed by atoms with Crippen LogP contribution >= 0.6 is 0 Å². The van der Waals surface area contributed by atoms with E-state index in [1.165, 1.54) is 225 Å². The lowest BCUT2D eigenvalue weighted by Crippen LogP contribution is -2.28. The molecule has 418 valence electrons. The smallest absolute Gasteiger partial charge is 0.306 e. The lowest BCUT2D eigenvalue weighted by molar-refractivity contribution is -0.161. The first-order valence-corrected chi connectivity index (χ1v) is 31.5. The van der Waals surface area contributed by atoms with Crippen molar-refractivity contribution in [2.45, 2.75) is 328 Å². The van der Waals surface area contributed by atoms with E-state index in [9.17, 15) is 14.7 Å². The number of carbonyl (C=O) groups is 2. The Kier molecular flexibility index (Phi) is 60.3. The van der Waals surface area contributed by atoms with Gasteiger partial charge in [0.25, 0.3) is 0 Å². The zero-order valence-electron chi connectivity index (χ0n) is 47.9. The number of rotatable bonds is 58. The second-order valence-corrected chi connectivity index (χ2v) is 21.1. The molecule has 0 bridgehead atoms. The number of esters is 2. The Morgan fingerprint density at radius 3 is 0.833 bits per heavy atom. The molecule has 0 spiro atoms. The summed E-state index contributed by atoms with van der Waals surface area (Å²) >= 11 is 0. The van der Waals surface area contributed by atoms with Gasteiger partial charge in [0.1, 0.15) is 6.61 Å².